The molecule has 2 heterocycles. The SMILES string of the molecule is Cc1nc2ccc(-c3ccc(Cl)cn3)cc2s1. The third-order valence-electron chi connectivity index (χ3n) is 2.52. The topological polar surface area (TPSA) is 25.8 Å². The maximum absolute atomic E-state index is 5.83. The van der Waals surface area contributed by atoms with Crippen LogP contribution in [0.2, 0.25) is 5.02 Å². The smallest absolute Gasteiger partial charge is 0.0907 e. The molecule has 1 aromatic carbocycles. The fourth-order valence-electron chi connectivity index (χ4n) is 1.75. The van der Waals surface area contributed by atoms with E-state index in [1.165, 1.54) is 4.70 Å². The van der Waals surface area contributed by atoms with Gasteiger partial charge in [0.2, 0.25) is 0 Å². The minimum absolute atomic E-state index is 0.656. The van der Waals surface area contributed by atoms with E-state index in [4.69, 9.17) is 11.6 Å². The highest BCUT2D eigenvalue weighted by molar-refractivity contribution is 7.18. The lowest BCUT2D eigenvalue weighted by Crippen LogP contribution is -1.82. The second kappa shape index (κ2) is 4.09. The Bertz CT molecular complexity index is 673. The Morgan fingerprint density at radius 3 is 2.82 bits per heavy atom. The number of hydrogen-bond acceptors (Lipinski definition) is 3. The van der Waals surface area contributed by atoms with E-state index in [9.17, 15) is 0 Å². The molecule has 0 aliphatic heterocycles. The fraction of sp³-hybridized carbons (Fsp3) is 0.0769. The van der Waals surface area contributed by atoms with Crippen molar-refractivity contribution in [2.45, 2.75) is 6.92 Å². The highest BCUT2D eigenvalue weighted by Crippen LogP contribution is 2.27. The van der Waals surface area contributed by atoms with E-state index >= 15 is 0 Å². The van der Waals surface area contributed by atoms with Gasteiger partial charge < -0.3 is 0 Å². The van der Waals surface area contributed by atoms with Crippen molar-refractivity contribution >= 4 is 33.2 Å². The predicted octanol–water partition coefficient (Wildman–Crippen LogP) is 4.32. The summed E-state index contributed by atoms with van der Waals surface area (Å²) in [4.78, 5) is 8.75. The van der Waals surface area contributed by atoms with Gasteiger partial charge >= 0.3 is 0 Å². The molecule has 0 bridgehead atoms. The summed E-state index contributed by atoms with van der Waals surface area (Å²) in [7, 11) is 0. The minimum Gasteiger partial charge on any atom is -0.255 e. The number of halogens is 1. The van der Waals surface area contributed by atoms with Gasteiger partial charge in [0.1, 0.15) is 0 Å². The van der Waals surface area contributed by atoms with Gasteiger partial charge in [-0.2, -0.15) is 0 Å². The number of fused-ring (bicyclic) bond motifs is 1. The van der Waals surface area contributed by atoms with E-state index in [0.29, 0.717) is 5.02 Å². The summed E-state index contributed by atoms with van der Waals surface area (Å²) in [6, 6.07) is 9.97. The summed E-state index contributed by atoms with van der Waals surface area (Å²) < 4.78 is 1.19. The molecule has 84 valence electrons. The van der Waals surface area contributed by atoms with Gasteiger partial charge in [0.25, 0.3) is 0 Å². The molecular weight excluding hydrogens is 252 g/mol. The molecule has 3 rings (SSSR count). The Balaban J connectivity index is 2.13. The predicted molar refractivity (Wildman–Crippen MR) is 72.6 cm³/mol. The van der Waals surface area contributed by atoms with Gasteiger partial charge in [-0.25, -0.2) is 4.98 Å². The highest BCUT2D eigenvalue weighted by Gasteiger charge is 2.04. The van der Waals surface area contributed by atoms with Crippen molar-refractivity contribution in [2.24, 2.45) is 0 Å². The van der Waals surface area contributed by atoms with Crippen LogP contribution in [0.5, 0.6) is 0 Å². The molecule has 0 radical (unpaired) electrons. The van der Waals surface area contributed by atoms with Crippen LogP contribution >= 0.6 is 22.9 Å². The van der Waals surface area contributed by atoms with Crippen molar-refractivity contribution in [3.05, 3.63) is 46.6 Å². The molecule has 17 heavy (non-hydrogen) atoms. The number of aromatic nitrogens is 2. The summed E-state index contributed by atoms with van der Waals surface area (Å²) in [5, 5.41) is 1.74. The van der Waals surface area contributed by atoms with E-state index in [0.717, 1.165) is 21.8 Å². The van der Waals surface area contributed by atoms with Crippen LogP contribution in [0.3, 0.4) is 0 Å². The van der Waals surface area contributed by atoms with Crippen LogP contribution in [0.15, 0.2) is 36.5 Å². The number of pyridine rings is 1. The van der Waals surface area contributed by atoms with Crippen molar-refractivity contribution in [3.63, 3.8) is 0 Å². The van der Waals surface area contributed by atoms with Crippen molar-refractivity contribution in [1.29, 1.82) is 0 Å². The largest absolute Gasteiger partial charge is 0.255 e. The molecule has 0 saturated carbocycles. The summed E-state index contributed by atoms with van der Waals surface area (Å²) in [5.74, 6) is 0. The van der Waals surface area contributed by atoms with E-state index in [1.54, 1.807) is 17.5 Å². The van der Waals surface area contributed by atoms with E-state index < -0.39 is 0 Å². The van der Waals surface area contributed by atoms with Gasteiger partial charge in [-0.15, -0.1) is 11.3 Å². The van der Waals surface area contributed by atoms with Crippen LogP contribution < -0.4 is 0 Å². The van der Waals surface area contributed by atoms with Gasteiger partial charge in [0.15, 0.2) is 0 Å². The molecular formula is C13H9ClN2S. The zero-order valence-corrected chi connectivity index (χ0v) is 10.7. The van der Waals surface area contributed by atoms with Crippen LogP contribution in [0.1, 0.15) is 5.01 Å². The molecule has 0 fully saturated rings. The molecule has 0 N–H and O–H groups in total. The molecule has 0 aliphatic carbocycles. The number of hydrogen-bond donors (Lipinski definition) is 0. The number of thiazole rings is 1. The lowest BCUT2D eigenvalue weighted by molar-refractivity contribution is 1.32. The zero-order chi connectivity index (χ0) is 11.8. The van der Waals surface area contributed by atoms with Gasteiger partial charge in [-0.1, -0.05) is 17.7 Å². The molecule has 0 spiro atoms. The quantitative estimate of drug-likeness (QED) is 0.651. The summed E-state index contributed by atoms with van der Waals surface area (Å²) >= 11 is 7.53. The summed E-state index contributed by atoms with van der Waals surface area (Å²) in [6.07, 6.45) is 1.67. The molecule has 2 aromatic heterocycles. The molecule has 0 atom stereocenters. The first kappa shape index (κ1) is 10.7. The Labute approximate surface area is 108 Å². The van der Waals surface area contributed by atoms with Gasteiger partial charge in [0, 0.05) is 11.8 Å². The molecule has 0 amide bonds. The first-order chi connectivity index (χ1) is 8.22. The number of nitrogens with zero attached hydrogens (tertiary/aromatic N) is 2. The second-order valence-electron chi connectivity index (χ2n) is 3.78. The molecule has 4 heteroatoms. The standard InChI is InChI=1S/C13H9ClN2S/c1-8-16-12-4-2-9(6-13(12)17-8)11-5-3-10(14)7-15-11/h2-7H,1H3. The highest BCUT2D eigenvalue weighted by atomic mass is 35.5. The van der Waals surface area contributed by atoms with Crippen LogP contribution in [-0.4, -0.2) is 9.97 Å². The Morgan fingerprint density at radius 1 is 1.18 bits per heavy atom. The average Bonchev–Trinajstić information content (AvgIpc) is 2.69. The number of benzene rings is 1. The zero-order valence-electron chi connectivity index (χ0n) is 9.14. The van der Waals surface area contributed by atoms with Crippen LogP contribution in [0.25, 0.3) is 21.5 Å². The third-order valence-corrected chi connectivity index (χ3v) is 3.68. The Kier molecular flexibility index (Phi) is 2.57. The molecule has 0 saturated heterocycles. The molecule has 2 nitrogen and oxygen atoms in total. The van der Waals surface area contributed by atoms with Gasteiger partial charge in [-0.05, 0) is 31.2 Å². The summed E-state index contributed by atoms with van der Waals surface area (Å²) in [6.45, 7) is 2.02. The lowest BCUT2D eigenvalue weighted by atomic mass is 10.1. The van der Waals surface area contributed by atoms with Crippen molar-refractivity contribution < 1.29 is 0 Å². The first-order valence-electron chi connectivity index (χ1n) is 5.21. The van der Waals surface area contributed by atoms with Crippen molar-refractivity contribution in [2.75, 3.05) is 0 Å². The number of rotatable bonds is 1. The average molecular weight is 261 g/mol. The van der Waals surface area contributed by atoms with Crippen LogP contribution in [0, 0.1) is 6.92 Å². The van der Waals surface area contributed by atoms with Crippen molar-refractivity contribution in [1.82, 2.24) is 9.97 Å². The third kappa shape index (κ3) is 2.04. The normalized spacial score (nSPS) is 10.9. The summed E-state index contributed by atoms with van der Waals surface area (Å²) in [5.41, 5.74) is 3.07. The monoisotopic (exact) mass is 260 g/mol. The van der Waals surface area contributed by atoms with Gasteiger partial charge in [0.05, 0.1) is 25.9 Å². The minimum atomic E-state index is 0.656. The van der Waals surface area contributed by atoms with Crippen molar-refractivity contribution in [3.8, 4) is 11.3 Å². The number of aryl methyl sites for hydroxylation is 1. The Morgan fingerprint density at radius 2 is 2.06 bits per heavy atom. The first-order valence-corrected chi connectivity index (χ1v) is 6.41. The lowest BCUT2D eigenvalue weighted by Gasteiger charge is -2.00. The molecule has 0 unspecified atom stereocenters. The van der Waals surface area contributed by atoms with E-state index in [-0.39, 0.29) is 0 Å². The van der Waals surface area contributed by atoms with Crippen LogP contribution in [-0.2, 0) is 0 Å². The van der Waals surface area contributed by atoms with E-state index in [1.807, 2.05) is 31.2 Å². The molecule has 3 aromatic rings. The maximum atomic E-state index is 5.83. The molecule has 0 aliphatic rings. The second-order valence-corrected chi connectivity index (χ2v) is 5.45. The van der Waals surface area contributed by atoms with Crippen LogP contribution in [0.4, 0.5) is 0 Å². The Hall–Kier alpha value is -1.45. The van der Waals surface area contributed by atoms with E-state index in [2.05, 4.69) is 16.0 Å². The van der Waals surface area contributed by atoms with Gasteiger partial charge in [-0.3, -0.25) is 4.98 Å². The maximum Gasteiger partial charge on any atom is 0.0907 e. The fourth-order valence-corrected chi connectivity index (χ4v) is 2.72.